The van der Waals surface area contributed by atoms with Crippen molar-refractivity contribution < 1.29 is 13.9 Å². The molecule has 3 aromatic rings. The van der Waals surface area contributed by atoms with Crippen molar-refractivity contribution in [3.63, 3.8) is 0 Å². The Kier molecular flexibility index (Phi) is 5.03. The van der Waals surface area contributed by atoms with Crippen LogP contribution in [0.15, 0.2) is 63.3 Å². The molecule has 26 heavy (non-hydrogen) atoms. The average Bonchev–Trinajstić information content (AvgIpc) is 2.61. The third-order valence-electron chi connectivity index (χ3n) is 4.18. The summed E-state index contributed by atoms with van der Waals surface area (Å²) in [4.78, 5) is 23.8. The Labute approximate surface area is 151 Å². The lowest BCUT2D eigenvalue weighted by Crippen LogP contribution is -2.04. The highest BCUT2D eigenvalue weighted by Gasteiger charge is 2.11. The lowest BCUT2D eigenvalue weighted by molar-refractivity contribution is -0.138. The SMILES string of the molecule is CCOC(=O)/C(C)=C/c1ccc2c(-c3ccccc3C)cc(=O)oc2c1. The smallest absolute Gasteiger partial charge is 0.336 e. The Balaban J connectivity index is 2.13. The van der Waals surface area contributed by atoms with Crippen LogP contribution in [0.1, 0.15) is 25.0 Å². The van der Waals surface area contributed by atoms with Crippen molar-refractivity contribution in [2.45, 2.75) is 20.8 Å². The molecule has 0 atom stereocenters. The molecule has 0 saturated carbocycles. The highest BCUT2D eigenvalue weighted by Crippen LogP contribution is 2.30. The number of carbonyl (C=O) groups excluding carboxylic acids is 1. The maximum atomic E-state index is 12.1. The van der Waals surface area contributed by atoms with Crippen LogP contribution in [0.25, 0.3) is 28.2 Å². The summed E-state index contributed by atoms with van der Waals surface area (Å²) in [6.07, 6.45) is 1.72. The molecule has 0 amide bonds. The van der Waals surface area contributed by atoms with E-state index in [1.54, 1.807) is 26.0 Å². The molecule has 0 radical (unpaired) electrons. The van der Waals surface area contributed by atoms with E-state index in [1.807, 2.05) is 43.3 Å². The summed E-state index contributed by atoms with van der Waals surface area (Å²) in [5, 5.41) is 0.852. The van der Waals surface area contributed by atoms with Gasteiger partial charge in [-0.1, -0.05) is 36.4 Å². The second-order valence-corrected chi connectivity index (χ2v) is 6.10. The van der Waals surface area contributed by atoms with Gasteiger partial charge in [-0.3, -0.25) is 0 Å². The van der Waals surface area contributed by atoms with Crippen LogP contribution >= 0.6 is 0 Å². The quantitative estimate of drug-likeness (QED) is 0.388. The predicted molar refractivity (Wildman–Crippen MR) is 103 cm³/mol. The van der Waals surface area contributed by atoms with E-state index in [2.05, 4.69) is 0 Å². The van der Waals surface area contributed by atoms with Gasteiger partial charge in [-0.2, -0.15) is 0 Å². The number of rotatable bonds is 4. The fourth-order valence-corrected chi connectivity index (χ4v) is 2.92. The zero-order valence-electron chi connectivity index (χ0n) is 15.0. The molecule has 0 aliphatic rings. The topological polar surface area (TPSA) is 56.5 Å². The normalized spacial score (nSPS) is 11.6. The third-order valence-corrected chi connectivity index (χ3v) is 4.18. The van der Waals surface area contributed by atoms with Crippen molar-refractivity contribution in [2.24, 2.45) is 0 Å². The van der Waals surface area contributed by atoms with E-state index < -0.39 is 5.63 Å². The fourth-order valence-electron chi connectivity index (χ4n) is 2.92. The van der Waals surface area contributed by atoms with Gasteiger partial charge in [0.15, 0.2) is 0 Å². The Morgan fingerprint density at radius 1 is 1.12 bits per heavy atom. The molecule has 4 heteroatoms. The van der Waals surface area contributed by atoms with Gasteiger partial charge in [0.05, 0.1) is 6.61 Å². The first-order valence-electron chi connectivity index (χ1n) is 8.49. The van der Waals surface area contributed by atoms with Gasteiger partial charge >= 0.3 is 11.6 Å². The van der Waals surface area contributed by atoms with Gasteiger partial charge in [0, 0.05) is 22.6 Å². The number of carbonyl (C=O) groups is 1. The van der Waals surface area contributed by atoms with Crippen molar-refractivity contribution in [1.29, 1.82) is 0 Å². The first kappa shape index (κ1) is 17.7. The number of hydrogen-bond donors (Lipinski definition) is 0. The number of esters is 1. The van der Waals surface area contributed by atoms with Crippen LogP contribution in [0, 0.1) is 6.92 Å². The molecule has 1 aromatic heterocycles. The van der Waals surface area contributed by atoms with Gasteiger partial charge in [-0.25, -0.2) is 9.59 Å². The van der Waals surface area contributed by atoms with Gasteiger partial charge < -0.3 is 9.15 Å². The minimum absolute atomic E-state index is 0.330. The summed E-state index contributed by atoms with van der Waals surface area (Å²) in [7, 11) is 0. The van der Waals surface area contributed by atoms with Gasteiger partial charge in [-0.15, -0.1) is 0 Å². The number of hydrogen-bond acceptors (Lipinski definition) is 4. The Morgan fingerprint density at radius 3 is 2.62 bits per heavy atom. The van der Waals surface area contributed by atoms with Crippen molar-refractivity contribution >= 4 is 23.0 Å². The molecule has 3 rings (SSSR count). The van der Waals surface area contributed by atoms with E-state index >= 15 is 0 Å². The molecular formula is C22H20O4. The van der Waals surface area contributed by atoms with E-state index in [-0.39, 0.29) is 5.97 Å². The fraction of sp³-hybridized carbons (Fsp3) is 0.182. The summed E-state index contributed by atoms with van der Waals surface area (Å²) < 4.78 is 10.4. The molecule has 0 unspecified atom stereocenters. The zero-order chi connectivity index (χ0) is 18.7. The first-order valence-corrected chi connectivity index (χ1v) is 8.49. The second kappa shape index (κ2) is 7.40. The zero-order valence-corrected chi connectivity index (χ0v) is 15.0. The molecule has 132 valence electrons. The maximum Gasteiger partial charge on any atom is 0.336 e. The van der Waals surface area contributed by atoms with Crippen LogP contribution in [0.3, 0.4) is 0 Å². The van der Waals surface area contributed by atoms with Crippen molar-refractivity contribution in [2.75, 3.05) is 6.61 Å². The summed E-state index contributed by atoms with van der Waals surface area (Å²) >= 11 is 0. The largest absolute Gasteiger partial charge is 0.463 e. The monoisotopic (exact) mass is 348 g/mol. The van der Waals surface area contributed by atoms with E-state index in [0.717, 1.165) is 27.6 Å². The molecule has 0 bridgehead atoms. The van der Waals surface area contributed by atoms with Crippen molar-refractivity contribution in [1.82, 2.24) is 0 Å². The van der Waals surface area contributed by atoms with Crippen LogP contribution in [0.5, 0.6) is 0 Å². The van der Waals surface area contributed by atoms with E-state index in [0.29, 0.717) is 17.8 Å². The van der Waals surface area contributed by atoms with Crippen molar-refractivity contribution in [3.05, 3.63) is 75.7 Å². The van der Waals surface area contributed by atoms with Crippen LogP contribution in [0.2, 0.25) is 0 Å². The first-order chi connectivity index (χ1) is 12.5. The van der Waals surface area contributed by atoms with E-state index in [9.17, 15) is 9.59 Å². The maximum absolute atomic E-state index is 12.1. The molecule has 4 nitrogen and oxygen atoms in total. The molecule has 0 N–H and O–H groups in total. The number of ether oxygens (including phenoxy) is 1. The summed E-state index contributed by atoms with van der Waals surface area (Å²) in [5.41, 5.74) is 4.27. The van der Waals surface area contributed by atoms with Gasteiger partial charge in [-0.05, 0) is 49.6 Å². The minimum Gasteiger partial charge on any atom is -0.463 e. The predicted octanol–water partition coefficient (Wildman–Crippen LogP) is 4.73. The Hall–Kier alpha value is -3.14. The van der Waals surface area contributed by atoms with Crippen LogP contribution < -0.4 is 5.63 Å². The average molecular weight is 348 g/mol. The van der Waals surface area contributed by atoms with Gasteiger partial charge in [0.2, 0.25) is 0 Å². The highest BCUT2D eigenvalue weighted by atomic mass is 16.5. The number of aryl methyl sites for hydroxylation is 1. The molecular weight excluding hydrogens is 328 g/mol. The third kappa shape index (κ3) is 3.59. The molecule has 0 spiro atoms. The van der Waals surface area contributed by atoms with Crippen molar-refractivity contribution in [3.8, 4) is 11.1 Å². The molecule has 0 aliphatic heterocycles. The van der Waals surface area contributed by atoms with Gasteiger partial charge in [0.1, 0.15) is 5.58 Å². The van der Waals surface area contributed by atoms with Crippen LogP contribution in [-0.4, -0.2) is 12.6 Å². The summed E-state index contributed by atoms with van der Waals surface area (Å²) in [5.74, 6) is -0.359. The summed E-state index contributed by atoms with van der Waals surface area (Å²) in [6.45, 7) is 5.80. The highest BCUT2D eigenvalue weighted by molar-refractivity contribution is 5.97. The second-order valence-electron chi connectivity index (χ2n) is 6.10. The summed E-state index contributed by atoms with van der Waals surface area (Å²) in [6, 6.07) is 15.0. The standard InChI is InChI=1S/C22H20O4/c1-4-25-22(24)15(3)11-16-9-10-18-19(13-21(23)26-20(18)12-16)17-8-6-5-7-14(17)2/h5-13H,4H2,1-3H3/b15-11+. The van der Waals surface area contributed by atoms with Gasteiger partial charge in [0.25, 0.3) is 0 Å². The number of fused-ring (bicyclic) bond motifs is 1. The molecule has 0 fully saturated rings. The molecule has 1 heterocycles. The Bertz CT molecular complexity index is 1060. The molecule has 2 aromatic carbocycles. The molecule has 0 saturated heterocycles. The lowest BCUT2D eigenvalue weighted by Gasteiger charge is -2.09. The molecule has 0 aliphatic carbocycles. The van der Waals surface area contributed by atoms with Crippen LogP contribution in [0.4, 0.5) is 0 Å². The van der Waals surface area contributed by atoms with E-state index in [1.165, 1.54) is 6.07 Å². The number of benzene rings is 2. The van der Waals surface area contributed by atoms with E-state index in [4.69, 9.17) is 9.15 Å². The Morgan fingerprint density at radius 2 is 1.88 bits per heavy atom. The minimum atomic E-state index is -0.404. The lowest BCUT2D eigenvalue weighted by atomic mass is 9.97. The van der Waals surface area contributed by atoms with Crippen LogP contribution in [-0.2, 0) is 9.53 Å².